The Bertz CT molecular complexity index is 592. The third kappa shape index (κ3) is 4.61. The molecule has 0 saturated carbocycles. The first kappa shape index (κ1) is 15.1. The Morgan fingerprint density at radius 3 is 2.71 bits per heavy atom. The Balaban J connectivity index is 1.88. The SMILES string of the molecule is CC(O)CNC(=O)c1ccc(COc2ccc(F)cc2)o1. The largest absolute Gasteiger partial charge is 0.486 e. The molecule has 1 aromatic carbocycles. The third-order valence-electron chi connectivity index (χ3n) is 2.64. The fourth-order valence-corrected chi connectivity index (χ4v) is 1.59. The Morgan fingerprint density at radius 1 is 1.33 bits per heavy atom. The lowest BCUT2D eigenvalue weighted by Gasteiger charge is -2.05. The van der Waals surface area contributed by atoms with Gasteiger partial charge in [-0.15, -0.1) is 0 Å². The number of ether oxygens (including phenoxy) is 1. The van der Waals surface area contributed by atoms with Crippen LogP contribution in [0.2, 0.25) is 0 Å². The van der Waals surface area contributed by atoms with Crippen molar-refractivity contribution in [1.82, 2.24) is 5.32 Å². The molecule has 1 unspecified atom stereocenters. The highest BCUT2D eigenvalue weighted by Crippen LogP contribution is 2.15. The minimum Gasteiger partial charge on any atom is -0.486 e. The van der Waals surface area contributed by atoms with E-state index in [1.807, 2.05) is 0 Å². The van der Waals surface area contributed by atoms with E-state index in [1.165, 1.54) is 30.3 Å². The van der Waals surface area contributed by atoms with Gasteiger partial charge in [0.2, 0.25) is 0 Å². The molecule has 0 aliphatic heterocycles. The van der Waals surface area contributed by atoms with Crippen LogP contribution in [-0.2, 0) is 6.61 Å². The number of nitrogens with one attached hydrogen (secondary N) is 1. The van der Waals surface area contributed by atoms with Gasteiger partial charge in [-0.2, -0.15) is 0 Å². The number of halogens is 1. The molecule has 1 aromatic heterocycles. The van der Waals surface area contributed by atoms with E-state index in [-0.39, 0.29) is 24.7 Å². The van der Waals surface area contributed by atoms with E-state index in [0.29, 0.717) is 11.5 Å². The van der Waals surface area contributed by atoms with E-state index in [4.69, 9.17) is 14.3 Å². The first-order valence-electron chi connectivity index (χ1n) is 6.48. The van der Waals surface area contributed by atoms with Crippen LogP contribution in [0.15, 0.2) is 40.8 Å². The Kier molecular flexibility index (Phi) is 4.94. The van der Waals surface area contributed by atoms with Gasteiger partial charge in [-0.05, 0) is 43.3 Å². The summed E-state index contributed by atoms with van der Waals surface area (Å²) >= 11 is 0. The summed E-state index contributed by atoms with van der Waals surface area (Å²) in [5.74, 6) is 0.393. The molecule has 1 heterocycles. The zero-order chi connectivity index (χ0) is 15.2. The van der Waals surface area contributed by atoms with Gasteiger partial charge in [0.15, 0.2) is 5.76 Å². The smallest absolute Gasteiger partial charge is 0.287 e. The van der Waals surface area contributed by atoms with Crippen molar-refractivity contribution in [2.45, 2.75) is 19.6 Å². The van der Waals surface area contributed by atoms with E-state index in [2.05, 4.69) is 5.32 Å². The molecular formula is C15H16FNO4. The fourth-order valence-electron chi connectivity index (χ4n) is 1.59. The molecule has 0 spiro atoms. The van der Waals surface area contributed by atoms with Crippen molar-refractivity contribution in [1.29, 1.82) is 0 Å². The molecule has 21 heavy (non-hydrogen) atoms. The quantitative estimate of drug-likeness (QED) is 0.855. The second-order valence-electron chi connectivity index (χ2n) is 4.57. The normalized spacial score (nSPS) is 12.0. The summed E-state index contributed by atoms with van der Waals surface area (Å²) in [6.45, 7) is 1.86. The van der Waals surface area contributed by atoms with Crippen molar-refractivity contribution in [3.8, 4) is 5.75 Å². The van der Waals surface area contributed by atoms with Gasteiger partial charge in [0.1, 0.15) is 23.9 Å². The fraction of sp³-hybridized carbons (Fsp3) is 0.267. The van der Waals surface area contributed by atoms with Crippen LogP contribution in [0.4, 0.5) is 4.39 Å². The van der Waals surface area contributed by atoms with Crippen LogP contribution in [0, 0.1) is 5.82 Å². The number of carbonyl (C=O) groups is 1. The summed E-state index contributed by atoms with van der Waals surface area (Å²) in [5, 5.41) is 11.6. The molecule has 5 nitrogen and oxygen atoms in total. The summed E-state index contributed by atoms with van der Waals surface area (Å²) in [6.07, 6.45) is -0.620. The molecule has 0 radical (unpaired) electrons. The van der Waals surface area contributed by atoms with E-state index in [1.54, 1.807) is 13.0 Å². The highest BCUT2D eigenvalue weighted by molar-refractivity contribution is 5.91. The zero-order valence-corrected chi connectivity index (χ0v) is 11.5. The summed E-state index contributed by atoms with van der Waals surface area (Å²) in [5.41, 5.74) is 0. The van der Waals surface area contributed by atoms with Gasteiger partial charge in [0, 0.05) is 6.54 Å². The predicted octanol–water partition coefficient (Wildman–Crippen LogP) is 2.11. The minimum absolute atomic E-state index is 0.134. The first-order valence-corrected chi connectivity index (χ1v) is 6.48. The van der Waals surface area contributed by atoms with E-state index in [9.17, 15) is 9.18 Å². The standard InChI is InChI=1S/C15H16FNO4/c1-10(18)8-17-15(19)14-7-6-13(21-14)9-20-12-4-2-11(16)3-5-12/h2-7,10,18H,8-9H2,1H3,(H,17,19). The highest BCUT2D eigenvalue weighted by atomic mass is 19.1. The number of furan rings is 1. The third-order valence-corrected chi connectivity index (χ3v) is 2.64. The van der Waals surface area contributed by atoms with Crippen LogP contribution in [-0.4, -0.2) is 23.7 Å². The second-order valence-corrected chi connectivity index (χ2v) is 4.57. The van der Waals surface area contributed by atoms with Crippen molar-refractivity contribution < 1.29 is 23.4 Å². The maximum atomic E-state index is 12.7. The number of benzene rings is 1. The maximum Gasteiger partial charge on any atom is 0.287 e. The highest BCUT2D eigenvalue weighted by Gasteiger charge is 2.11. The van der Waals surface area contributed by atoms with Crippen LogP contribution in [0.3, 0.4) is 0 Å². The van der Waals surface area contributed by atoms with Crippen molar-refractivity contribution in [2.24, 2.45) is 0 Å². The monoisotopic (exact) mass is 293 g/mol. The van der Waals surface area contributed by atoms with Crippen molar-refractivity contribution in [3.05, 3.63) is 53.7 Å². The Morgan fingerprint density at radius 2 is 2.05 bits per heavy atom. The zero-order valence-electron chi connectivity index (χ0n) is 11.5. The predicted molar refractivity (Wildman–Crippen MR) is 73.5 cm³/mol. The summed E-state index contributed by atoms with van der Waals surface area (Å²) in [4.78, 5) is 11.7. The van der Waals surface area contributed by atoms with E-state index in [0.717, 1.165) is 0 Å². The number of rotatable bonds is 6. The summed E-state index contributed by atoms with van der Waals surface area (Å²) in [6, 6.07) is 8.77. The number of hydrogen-bond acceptors (Lipinski definition) is 4. The lowest BCUT2D eigenvalue weighted by Crippen LogP contribution is -2.30. The summed E-state index contributed by atoms with van der Waals surface area (Å²) in [7, 11) is 0. The van der Waals surface area contributed by atoms with Crippen molar-refractivity contribution in [3.63, 3.8) is 0 Å². The molecule has 6 heteroatoms. The first-order chi connectivity index (χ1) is 10.0. The van der Waals surface area contributed by atoms with Crippen LogP contribution in [0.5, 0.6) is 5.75 Å². The lowest BCUT2D eigenvalue weighted by atomic mass is 10.3. The molecular weight excluding hydrogens is 277 g/mol. The molecule has 112 valence electrons. The van der Waals surface area contributed by atoms with Gasteiger partial charge in [-0.25, -0.2) is 4.39 Å². The molecule has 0 bridgehead atoms. The number of hydrogen-bond donors (Lipinski definition) is 2. The minimum atomic E-state index is -0.620. The number of aliphatic hydroxyl groups excluding tert-OH is 1. The summed E-state index contributed by atoms with van der Waals surface area (Å²) < 4.78 is 23.5. The number of aliphatic hydroxyl groups is 1. The van der Waals surface area contributed by atoms with Gasteiger partial charge in [0.05, 0.1) is 6.10 Å². The van der Waals surface area contributed by atoms with E-state index >= 15 is 0 Å². The molecule has 2 N–H and O–H groups in total. The molecule has 0 saturated heterocycles. The topological polar surface area (TPSA) is 71.7 Å². The maximum absolute atomic E-state index is 12.7. The number of amides is 1. The molecule has 0 aliphatic rings. The van der Waals surface area contributed by atoms with Gasteiger partial charge < -0.3 is 19.6 Å². The molecule has 1 atom stereocenters. The van der Waals surface area contributed by atoms with E-state index < -0.39 is 12.0 Å². The van der Waals surface area contributed by atoms with Crippen LogP contribution in [0.25, 0.3) is 0 Å². The molecule has 2 rings (SSSR count). The second kappa shape index (κ2) is 6.90. The Labute approximate surface area is 121 Å². The van der Waals surface area contributed by atoms with Crippen molar-refractivity contribution >= 4 is 5.91 Å². The average Bonchev–Trinajstić information content (AvgIpc) is 2.93. The molecule has 0 fully saturated rings. The number of carbonyl (C=O) groups excluding carboxylic acids is 1. The Hall–Kier alpha value is -2.34. The van der Waals surface area contributed by atoms with Gasteiger partial charge in [-0.3, -0.25) is 4.79 Å². The average molecular weight is 293 g/mol. The molecule has 1 amide bonds. The lowest BCUT2D eigenvalue weighted by molar-refractivity contribution is 0.0892. The van der Waals surface area contributed by atoms with Crippen LogP contribution >= 0.6 is 0 Å². The molecule has 2 aromatic rings. The van der Waals surface area contributed by atoms with Gasteiger partial charge in [-0.1, -0.05) is 0 Å². The van der Waals surface area contributed by atoms with Crippen LogP contribution in [0.1, 0.15) is 23.2 Å². The van der Waals surface area contributed by atoms with Gasteiger partial charge in [0.25, 0.3) is 5.91 Å². The van der Waals surface area contributed by atoms with Crippen molar-refractivity contribution in [2.75, 3.05) is 6.54 Å². The van der Waals surface area contributed by atoms with Crippen LogP contribution < -0.4 is 10.1 Å². The molecule has 0 aliphatic carbocycles. The van der Waals surface area contributed by atoms with Gasteiger partial charge >= 0.3 is 0 Å².